The highest BCUT2D eigenvalue weighted by Gasteiger charge is 2.27. The van der Waals surface area contributed by atoms with Crippen molar-refractivity contribution in [2.75, 3.05) is 25.1 Å². The maximum atomic E-state index is 11.6. The van der Waals surface area contributed by atoms with Crippen LogP contribution in [0.25, 0.3) is 0 Å². The number of hydrogen-bond acceptors (Lipinski definition) is 4. The number of aliphatic hydroxyl groups is 1. The van der Waals surface area contributed by atoms with Gasteiger partial charge in [0.2, 0.25) is 10.0 Å². The molecule has 0 aliphatic carbocycles. The molecule has 0 saturated carbocycles. The van der Waals surface area contributed by atoms with Gasteiger partial charge in [-0.2, -0.15) is 0 Å². The zero-order chi connectivity index (χ0) is 15.3. The van der Waals surface area contributed by atoms with Crippen molar-refractivity contribution in [1.29, 1.82) is 0 Å². The van der Waals surface area contributed by atoms with Crippen LogP contribution in [-0.2, 0) is 10.0 Å². The summed E-state index contributed by atoms with van der Waals surface area (Å²) in [6.45, 7) is 1.16. The Labute approximate surface area is 131 Å². The van der Waals surface area contributed by atoms with Gasteiger partial charge in [0, 0.05) is 23.7 Å². The molecule has 6 heteroatoms. The van der Waals surface area contributed by atoms with E-state index in [4.69, 9.17) is 0 Å². The number of thioether (sulfide) groups is 1. The smallest absolute Gasteiger partial charge is 0.211 e. The Bertz CT molecular complexity index is 533. The van der Waals surface area contributed by atoms with E-state index >= 15 is 0 Å². The monoisotopic (exact) mass is 329 g/mol. The molecule has 1 aliphatic heterocycles. The number of sulfonamides is 1. The third kappa shape index (κ3) is 5.62. The minimum atomic E-state index is -3.10. The molecule has 0 aromatic heterocycles. The zero-order valence-corrected chi connectivity index (χ0v) is 13.9. The average Bonchev–Trinajstić information content (AvgIpc) is 2.46. The standard InChI is InChI=1S/C15H23NO3S2/c1-21(18,19)16-9-5-6-13(11-16)10-14(17)12-20-15-7-3-2-4-8-15/h2-4,7-8,13-14,17H,5-6,9-12H2,1H3. The topological polar surface area (TPSA) is 57.6 Å². The summed E-state index contributed by atoms with van der Waals surface area (Å²) in [6.07, 6.45) is 3.43. The van der Waals surface area contributed by atoms with Crippen LogP contribution in [0.4, 0.5) is 0 Å². The fourth-order valence-electron chi connectivity index (χ4n) is 2.68. The number of hydrogen-bond donors (Lipinski definition) is 1. The van der Waals surface area contributed by atoms with Crippen molar-refractivity contribution in [2.24, 2.45) is 5.92 Å². The van der Waals surface area contributed by atoms with Crippen molar-refractivity contribution in [3.8, 4) is 0 Å². The SMILES string of the molecule is CS(=O)(=O)N1CCCC(CC(O)CSc2ccccc2)C1. The molecule has 0 bridgehead atoms. The molecule has 1 N–H and O–H groups in total. The highest BCUT2D eigenvalue weighted by Crippen LogP contribution is 2.25. The Morgan fingerprint density at radius 1 is 1.38 bits per heavy atom. The predicted octanol–water partition coefficient (Wildman–Crippen LogP) is 2.20. The van der Waals surface area contributed by atoms with Crippen LogP contribution in [-0.4, -0.2) is 49.0 Å². The van der Waals surface area contributed by atoms with E-state index < -0.39 is 10.0 Å². The van der Waals surface area contributed by atoms with Crippen LogP contribution >= 0.6 is 11.8 Å². The number of piperidine rings is 1. The van der Waals surface area contributed by atoms with Crippen LogP contribution in [0.15, 0.2) is 35.2 Å². The van der Waals surface area contributed by atoms with E-state index in [1.54, 1.807) is 11.8 Å². The highest BCUT2D eigenvalue weighted by molar-refractivity contribution is 7.99. The summed E-state index contributed by atoms with van der Waals surface area (Å²) >= 11 is 1.64. The second kappa shape index (κ2) is 7.63. The lowest BCUT2D eigenvalue weighted by atomic mass is 9.94. The molecular formula is C15H23NO3S2. The van der Waals surface area contributed by atoms with Crippen LogP contribution in [0.3, 0.4) is 0 Å². The maximum Gasteiger partial charge on any atom is 0.211 e. The molecule has 2 rings (SSSR count). The quantitative estimate of drug-likeness (QED) is 0.813. The molecule has 4 nitrogen and oxygen atoms in total. The lowest BCUT2D eigenvalue weighted by Crippen LogP contribution is -2.40. The van der Waals surface area contributed by atoms with Gasteiger partial charge in [-0.1, -0.05) is 18.2 Å². The third-order valence-corrected chi connectivity index (χ3v) is 6.17. The first-order valence-electron chi connectivity index (χ1n) is 7.26. The second-order valence-corrected chi connectivity index (χ2v) is 8.72. The summed E-state index contributed by atoms with van der Waals surface area (Å²) in [5.74, 6) is 0.916. The van der Waals surface area contributed by atoms with E-state index in [2.05, 4.69) is 0 Å². The number of aliphatic hydroxyl groups excluding tert-OH is 1. The summed E-state index contributed by atoms with van der Waals surface area (Å²) in [5, 5.41) is 10.2. The first-order chi connectivity index (χ1) is 9.95. The maximum absolute atomic E-state index is 11.6. The summed E-state index contributed by atoms with van der Waals surface area (Å²) in [7, 11) is -3.10. The first-order valence-corrected chi connectivity index (χ1v) is 10.1. The van der Waals surface area contributed by atoms with Gasteiger partial charge in [-0.05, 0) is 37.3 Å². The van der Waals surface area contributed by atoms with E-state index in [9.17, 15) is 13.5 Å². The molecule has 1 saturated heterocycles. The zero-order valence-electron chi connectivity index (χ0n) is 12.3. The largest absolute Gasteiger partial charge is 0.392 e. The van der Waals surface area contributed by atoms with Crippen molar-refractivity contribution >= 4 is 21.8 Å². The summed E-state index contributed by atoms with van der Waals surface area (Å²) < 4.78 is 24.7. The van der Waals surface area contributed by atoms with Crippen molar-refractivity contribution in [1.82, 2.24) is 4.31 Å². The van der Waals surface area contributed by atoms with Crippen molar-refractivity contribution in [3.63, 3.8) is 0 Å². The van der Waals surface area contributed by atoms with Gasteiger partial charge >= 0.3 is 0 Å². The van der Waals surface area contributed by atoms with Gasteiger partial charge in [-0.3, -0.25) is 0 Å². The van der Waals surface area contributed by atoms with Gasteiger partial charge in [0.25, 0.3) is 0 Å². The number of benzene rings is 1. The third-order valence-electron chi connectivity index (χ3n) is 3.74. The molecule has 1 fully saturated rings. The Balaban J connectivity index is 1.78. The summed E-state index contributed by atoms with van der Waals surface area (Å²) in [5.41, 5.74) is 0. The Kier molecular flexibility index (Phi) is 6.10. The molecule has 0 radical (unpaired) electrons. The van der Waals surface area contributed by atoms with Crippen LogP contribution in [0.2, 0.25) is 0 Å². The van der Waals surface area contributed by atoms with Crippen molar-refractivity contribution < 1.29 is 13.5 Å². The van der Waals surface area contributed by atoms with E-state index in [-0.39, 0.29) is 12.0 Å². The minimum Gasteiger partial charge on any atom is -0.392 e. The molecule has 0 spiro atoms. The number of nitrogens with zero attached hydrogens (tertiary/aromatic N) is 1. The Hall–Kier alpha value is -0.560. The van der Waals surface area contributed by atoms with Gasteiger partial charge < -0.3 is 5.11 Å². The number of rotatable bonds is 6. The molecular weight excluding hydrogens is 306 g/mol. The van der Waals surface area contributed by atoms with E-state index in [1.807, 2.05) is 30.3 Å². The van der Waals surface area contributed by atoms with E-state index in [0.29, 0.717) is 25.3 Å². The molecule has 2 atom stereocenters. The van der Waals surface area contributed by atoms with Gasteiger partial charge in [-0.15, -0.1) is 11.8 Å². The molecule has 2 unspecified atom stereocenters. The molecule has 1 aromatic carbocycles. The molecule has 1 heterocycles. The van der Waals surface area contributed by atoms with Crippen molar-refractivity contribution in [2.45, 2.75) is 30.3 Å². The molecule has 118 valence electrons. The Morgan fingerprint density at radius 2 is 2.10 bits per heavy atom. The Morgan fingerprint density at radius 3 is 2.76 bits per heavy atom. The molecule has 1 aromatic rings. The highest BCUT2D eigenvalue weighted by atomic mass is 32.2. The fraction of sp³-hybridized carbons (Fsp3) is 0.600. The van der Waals surface area contributed by atoms with Crippen LogP contribution < -0.4 is 0 Å². The van der Waals surface area contributed by atoms with Crippen LogP contribution in [0.5, 0.6) is 0 Å². The van der Waals surface area contributed by atoms with Crippen molar-refractivity contribution in [3.05, 3.63) is 30.3 Å². The van der Waals surface area contributed by atoms with Gasteiger partial charge in [0.1, 0.15) is 0 Å². The van der Waals surface area contributed by atoms with E-state index in [1.165, 1.54) is 10.6 Å². The molecule has 1 aliphatic rings. The molecule has 21 heavy (non-hydrogen) atoms. The lowest BCUT2D eigenvalue weighted by Gasteiger charge is -2.31. The van der Waals surface area contributed by atoms with Gasteiger partial charge in [-0.25, -0.2) is 12.7 Å². The van der Waals surface area contributed by atoms with Gasteiger partial charge in [0.15, 0.2) is 0 Å². The van der Waals surface area contributed by atoms with Crippen LogP contribution in [0, 0.1) is 5.92 Å². The lowest BCUT2D eigenvalue weighted by molar-refractivity contribution is 0.140. The van der Waals surface area contributed by atoms with Gasteiger partial charge in [0.05, 0.1) is 12.4 Å². The average molecular weight is 329 g/mol. The fourth-order valence-corrected chi connectivity index (χ4v) is 4.50. The predicted molar refractivity (Wildman–Crippen MR) is 86.9 cm³/mol. The summed E-state index contributed by atoms with van der Waals surface area (Å²) in [4.78, 5) is 1.15. The second-order valence-electron chi connectivity index (χ2n) is 5.64. The van der Waals surface area contributed by atoms with Crippen LogP contribution in [0.1, 0.15) is 19.3 Å². The molecule has 0 amide bonds. The normalized spacial score (nSPS) is 22.1. The minimum absolute atomic E-state index is 0.264. The van der Waals surface area contributed by atoms with E-state index in [0.717, 1.165) is 17.7 Å². The summed E-state index contributed by atoms with van der Waals surface area (Å²) in [6, 6.07) is 10.0. The first kappa shape index (κ1) is 16.8.